The normalized spacial score (nSPS) is 22.7. The van der Waals surface area contributed by atoms with Crippen molar-refractivity contribution in [2.75, 3.05) is 13.2 Å². The average Bonchev–Trinajstić information content (AvgIpc) is 2.49. The van der Waals surface area contributed by atoms with Crippen molar-refractivity contribution >= 4 is 0 Å². The summed E-state index contributed by atoms with van der Waals surface area (Å²) in [4.78, 5) is 0. The zero-order valence-corrected chi connectivity index (χ0v) is 10.9. The molecule has 2 aromatic carbocycles. The molecule has 4 heteroatoms. The third-order valence-electron chi connectivity index (χ3n) is 3.54. The summed E-state index contributed by atoms with van der Waals surface area (Å²) in [6, 6.07) is 13.8. The highest BCUT2D eigenvalue weighted by Gasteiger charge is 2.27. The summed E-state index contributed by atoms with van der Waals surface area (Å²) in [6.07, 6.45) is -0.587. The monoisotopic (exact) mass is 275 g/mol. The number of ether oxygens (including phenoxy) is 1. The van der Waals surface area contributed by atoms with Crippen molar-refractivity contribution < 1.29 is 13.5 Å². The second-order valence-corrected chi connectivity index (χ2v) is 4.83. The quantitative estimate of drug-likeness (QED) is 0.907. The van der Waals surface area contributed by atoms with Crippen LogP contribution in [0, 0.1) is 11.6 Å². The second kappa shape index (κ2) is 5.69. The molecule has 1 saturated heterocycles. The van der Waals surface area contributed by atoms with Crippen LogP contribution in [0.15, 0.2) is 48.5 Å². The molecule has 1 aliphatic heterocycles. The van der Waals surface area contributed by atoms with E-state index in [2.05, 4.69) is 5.32 Å². The van der Waals surface area contributed by atoms with Gasteiger partial charge in [0.2, 0.25) is 0 Å². The molecule has 0 radical (unpaired) electrons. The maximum Gasteiger partial charge on any atom is 0.132 e. The lowest BCUT2D eigenvalue weighted by atomic mass is 10.0. The first kappa shape index (κ1) is 13.2. The lowest BCUT2D eigenvalue weighted by molar-refractivity contribution is -0.00150. The predicted octanol–water partition coefficient (Wildman–Crippen LogP) is 3.37. The molecule has 3 rings (SSSR count). The Balaban J connectivity index is 1.73. The van der Waals surface area contributed by atoms with Crippen molar-refractivity contribution in [3.63, 3.8) is 0 Å². The fourth-order valence-electron chi connectivity index (χ4n) is 2.48. The van der Waals surface area contributed by atoms with Gasteiger partial charge in [0.05, 0.1) is 18.2 Å². The molecule has 2 atom stereocenters. The first-order chi connectivity index (χ1) is 9.75. The molecule has 2 nitrogen and oxygen atoms in total. The van der Waals surface area contributed by atoms with Crippen molar-refractivity contribution in [3.8, 4) is 0 Å². The first-order valence-electron chi connectivity index (χ1n) is 6.59. The highest BCUT2D eigenvalue weighted by Crippen LogP contribution is 2.28. The Labute approximate surface area is 116 Å². The highest BCUT2D eigenvalue weighted by molar-refractivity contribution is 5.24. The predicted molar refractivity (Wildman–Crippen MR) is 72.2 cm³/mol. The van der Waals surface area contributed by atoms with Gasteiger partial charge in [-0.15, -0.1) is 0 Å². The summed E-state index contributed by atoms with van der Waals surface area (Å²) in [7, 11) is 0. The molecule has 2 aromatic rings. The van der Waals surface area contributed by atoms with E-state index in [4.69, 9.17) is 4.74 Å². The highest BCUT2D eigenvalue weighted by atomic mass is 19.1. The summed E-state index contributed by atoms with van der Waals surface area (Å²) in [5, 5.41) is 3.28. The van der Waals surface area contributed by atoms with Crippen LogP contribution in [-0.4, -0.2) is 13.2 Å². The SMILES string of the molecule is Fc1cccc(F)c1C1CNC(c2ccccc2)CO1. The minimum absolute atomic E-state index is 0.00603. The molecule has 0 aromatic heterocycles. The van der Waals surface area contributed by atoms with Gasteiger partial charge in [0.1, 0.15) is 17.7 Å². The van der Waals surface area contributed by atoms with E-state index in [1.165, 1.54) is 18.2 Å². The molecular formula is C16H15F2NO. The number of nitrogens with one attached hydrogen (secondary N) is 1. The smallest absolute Gasteiger partial charge is 0.132 e. The third kappa shape index (κ3) is 2.57. The van der Waals surface area contributed by atoms with Crippen molar-refractivity contribution in [2.24, 2.45) is 0 Å². The Kier molecular flexibility index (Phi) is 3.76. The van der Waals surface area contributed by atoms with Crippen LogP contribution in [0.5, 0.6) is 0 Å². The molecule has 0 bridgehead atoms. The Morgan fingerprint density at radius 2 is 1.65 bits per heavy atom. The van der Waals surface area contributed by atoms with E-state index in [-0.39, 0.29) is 11.6 Å². The lowest BCUT2D eigenvalue weighted by Crippen LogP contribution is -2.37. The standard InChI is InChI=1S/C16H15F2NO/c17-12-7-4-8-13(18)16(12)15-9-19-14(10-20-15)11-5-2-1-3-6-11/h1-8,14-15,19H,9-10H2. The number of hydrogen-bond acceptors (Lipinski definition) is 2. The minimum Gasteiger partial charge on any atom is -0.370 e. The number of halogens is 2. The second-order valence-electron chi connectivity index (χ2n) is 4.83. The number of morpholine rings is 1. The molecule has 1 N–H and O–H groups in total. The van der Waals surface area contributed by atoms with Crippen molar-refractivity contribution in [1.29, 1.82) is 0 Å². The van der Waals surface area contributed by atoms with E-state index in [1.807, 2.05) is 30.3 Å². The van der Waals surface area contributed by atoms with Crippen LogP contribution in [0.3, 0.4) is 0 Å². The Hall–Kier alpha value is -1.78. The molecule has 0 aliphatic carbocycles. The molecule has 104 valence electrons. The van der Waals surface area contributed by atoms with Gasteiger partial charge in [-0.1, -0.05) is 36.4 Å². The van der Waals surface area contributed by atoms with E-state index in [0.29, 0.717) is 13.2 Å². The van der Waals surface area contributed by atoms with Crippen molar-refractivity contribution in [3.05, 3.63) is 71.3 Å². The van der Waals surface area contributed by atoms with Gasteiger partial charge in [0.15, 0.2) is 0 Å². The lowest BCUT2D eigenvalue weighted by Gasteiger charge is -2.31. The largest absolute Gasteiger partial charge is 0.370 e. The van der Waals surface area contributed by atoms with Crippen LogP contribution in [0.25, 0.3) is 0 Å². The average molecular weight is 275 g/mol. The molecule has 0 amide bonds. The van der Waals surface area contributed by atoms with Crippen LogP contribution >= 0.6 is 0 Å². The first-order valence-corrected chi connectivity index (χ1v) is 6.59. The van der Waals surface area contributed by atoms with Crippen LogP contribution in [0.2, 0.25) is 0 Å². The van der Waals surface area contributed by atoms with Crippen LogP contribution in [-0.2, 0) is 4.74 Å². The van der Waals surface area contributed by atoms with Gasteiger partial charge in [0.25, 0.3) is 0 Å². The molecule has 1 fully saturated rings. The third-order valence-corrected chi connectivity index (χ3v) is 3.54. The fraction of sp³-hybridized carbons (Fsp3) is 0.250. The number of hydrogen-bond donors (Lipinski definition) is 1. The van der Waals surface area contributed by atoms with E-state index >= 15 is 0 Å². The molecule has 1 aliphatic rings. The van der Waals surface area contributed by atoms with Gasteiger partial charge < -0.3 is 10.1 Å². The summed E-state index contributed by atoms with van der Waals surface area (Å²) < 4.78 is 33.1. The number of benzene rings is 2. The van der Waals surface area contributed by atoms with E-state index in [0.717, 1.165) is 5.56 Å². The number of rotatable bonds is 2. The molecule has 1 heterocycles. The van der Waals surface area contributed by atoms with Crippen LogP contribution in [0.4, 0.5) is 8.78 Å². The maximum atomic E-state index is 13.7. The van der Waals surface area contributed by atoms with E-state index < -0.39 is 17.7 Å². The Morgan fingerprint density at radius 3 is 2.25 bits per heavy atom. The molecule has 2 unspecified atom stereocenters. The topological polar surface area (TPSA) is 21.3 Å². The zero-order valence-electron chi connectivity index (χ0n) is 10.9. The van der Waals surface area contributed by atoms with Gasteiger partial charge in [-0.25, -0.2) is 8.78 Å². The van der Waals surface area contributed by atoms with E-state index in [1.54, 1.807) is 0 Å². The van der Waals surface area contributed by atoms with Crippen LogP contribution < -0.4 is 5.32 Å². The Bertz CT molecular complexity index is 560. The molecular weight excluding hydrogens is 260 g/mol. The maximum absolute atomic E-state index is 13.7. The van der Waals surface area contributed by atoms with Gasteiger partial charge in [0, 0.05) is 6.54 Å². The minimum atomic E-state index is -0.587. The molecule has 20 heavy (non-hydrogen) atoms. The summed E-state index contributed by atoms with van der Waals surface area (Å²) in [5.41, 5.74) is 1.12. The van der Waals surface area contributed by atoms with Crippen molar-refractivity contribution in [2.45, 2.75) is 12.1 Å². The van der Waals surface area contributed by atoms with Gasteiger partial charge in [-0.2, -0.15) is 0 Å². The Morgan fingerprint density at radius 1 is 0.950 bits per heavy atom. The van der Waals surface area contributed by atoms with Gasteiger partial charge >= 0.3 is 0 Å². The zero-order chi connectivity index (χ0) is 13.9. The van der Waals surface area contributed by atoms with E-state index in [9.17, 15) is 8.78 Å². The van der Waals surface area contributed by atoms with Crippen LogP contribution in [0.1, 0.15) is 23.3 Å². The summed E-state index contributed by atoms with van der Waals surface area (Å²) >= 11 is 0. The molecule has 0 spiro atoms. The summed E-state index contributed by atoms with van der Waals surface area (Å²) in [5.74, 6) is -1.12. The van der Waals surface area contributed by atoms with Gasteiger partial charge in [-0.05, 0) is 17.7 Å². The van der Waals surface area contributed by atoms with Crippen molar-refractivity contribution in [1.82, 2.24) is 5.32 Å². The van der Waals surface area contributed by atoms with Gasteiger partial charge in [-0.3, -0.25) is 0 Å². The fourth-order valence-corrected chi connectivity index (χ4v) is 2.48. The molecule has 0 saturated carbocycles. The summed E-state index contributed by atoms with van der Waals surface area (Å²) in [6.45, 7) is 0.778.